The molecule has 0 aliphatic carbocycles. The molecule has 0 saturated carbocycles. The van der Waals surface area contributed by atoms with E-state index in [0.29, 0.717) is 0 Å². The van der Waals surface area contributed by atoms with E-state index in [2.05, 4.69) is 5.11 Å². The lowest BCUT2D eigenvalue weighted by Crippen LogP contribution is -2.16. The maximum atomic E-state index is 8.03. The first-order valence-electron chi connectivity index (χ1n) is 10.0. The van der Waals surface area contributed by atoms with Crippen molar-refractivity contribution in [3.63, 3.8) is 0 Å². The quantitative estimate of drug-likeness (QED) is 0.754. The standard InChI is InChI=1S/C14H22O/c1-13(2,3)10-7-8-12(15)11(9-10)14(4,5)6/h7-9,15H,1-6H3/i1D3,4D3,5D3,8D/hD. The summed E-state index contributed by atoms with van der Waals surface area (Å²) in [6.07, 6.45) is 0. The van der Waals surface area contributed by atoms with Gasteiger partial charge in [0.25, 0.3) is 1.43 Å². The summed E-state index contributed by atoms with van der Waals surface area (Å²) in [5.41, 5.74) is -4.29. The first-order chi connectivity index (χ1) is 11.3. The molecular formula is C14H22O. The van der Waals surface area contributed by atoms with Crippen LogP contribution < -0.4 is 0 Å². The predicted octanol–water partition coefficient (Wildman–Crippen LogP) is 3.99. The first-order valence-corrected chi connectivity index (χ1v) is 4.61. The molecule has 0 bridgehead atoms. The van der Waals surface area contributed by atoms with Crippen LogP contribution in [0, 0.1) is 0 Å². The van der Waals surface area contributed by atoms with Crippen molar-refractivity contribution in [2.24, 2.45) is 0 Å². The van der Waals surface area contributed by atoms with E-state index in [9.17, 15) is 0 Å². The third kappa shape index (κ3) is 2.74. The minimum absolute atomic E-state index is 0.0676. The van der Waals surface area contributed by atoms with Crippen LogP contribution in [0.2, 0.25) is 0 Å². The van der Waals surface area contributed by atoms with Gasteiger partial charge >= 0.3 is 0 Å². The number of aromatic hydroxyl groups is 1. The lowest BCUT2D eigenvalue weighted by atomic mass is 9.80. The van der Waals surface area contributed by atoms with E-state index in [-0.39, 0.29) is 5.56 Å². The van der Waals surface area contributed by atoms with Gasteiger partial charge in [0, 0.05) is 12.3 Å². The number of phenols is 1. The van der Waals surface area contributed by atoms with E-state index in [1.807, 2.05) is 0 Å². The third-order valence-corrected chi connectivity index (χ3v) is 2.16. The van der Waals surface area contributed by atoms with Gasteiger partial charge in [-0.2, -0.15) is 0 Å². The molecule has 15 heavy (non-hydrogen) atoms. The lowest BCUT2D eigenvalue weighted by molar-refractivity contribution is 0.444. The normalized spacial score (nSPS) is 25.9. The molecule has 1 heteroatoms. The van der Waals surface area contributed by atoms with Gasteiger partial charge in [-0.25, -0.2) is 0 Å². The van der Waals surface area contributed by atoms with Gasteiger partial charge in [0.05, 0.1) is 1.37 Å². The molecule has 1 rings (SSSR count). The Balaban J connectivity index is 3.97. The molecule has 0 radical (unpaired) electrons. The highest BCUT2D eigenvalue weighted by molar-refractivity contribution is 5.42. The molecule has 0 heterocycles. The van der Waals surface area contributed by atoms with Crippen LogP contribution in [0.25, 0.3) is 0 Å². The molecule has 0 atom stereocenters. The largest absolute Gasteiger partial charge is 0.508 e. The fraction of sp³-hybridized carbons (Fsp3) is 0.571. The molecule has 0 aromatic heterocycles. The summed E-state index contributed by atoms with van der Waals surface area (Å²) in [5.74, 6) is -0.523. The van der Waals surface area contributed by atoms with Crippen LogP contribution >= 0.6 is 0 Å². The smallest absolute Gasteiger partial charge is 0.293 e. The molecular weight excluding hydrogens is 184 g/mol. The fourth-order valence-corrected chi connectivity index (χ4v) is 1.22. The second-order valence-electron chi connectivity index (χ2n) is 4.38. The minimum atomic E-state index is -3.03. The Morgan fingerprint density at radius 2 is 1.93 bits per heavy atom. The van der Waals surface area contributed by atoms with Crippen LogP contribution in [0.15, 0.2) is 18.2 Å². The van der Waals surface area contributed by atoms with E-state index in [4.69, 9.17) is 15.1 Å². The van der Waals surface area contributed by atoms with Crippen LogP contribution in [-0.2, 0) is 10.8 Å². The van der Waals surface area contributed by atoms with Gasteiger partial charge < -0.3 is 5.11 Å². The maximum absolute atomic E-state index is 8.03. The SMILES string of the molecule is [2H]Oc1c([2H])cc(C(C)(C)C([2H])([2H])[2H])cc1C(C)(C([2H])([2H])[2H])C([2H])([2H])[2H]. The van der Waals surface area contributed by atoms with E-state index >= 15 is 0 Å². The van der Waals surface area contributed by atoms with Crippen LogP contribution in [-0.4, -0.2) is 6.54 Å². The summed E-state index contributed by atoms with van der Waals surface area (Å²) in [6, 6.07) is 1.82. The molecule has 1 aromatic carbocycles. The molecule has 1 N–H and O–H groups in total. The van der Waals surface area contributed by atoms with Crippen molar-refractivity contribution in [1.82, 2.24) is 0 Å². The van der Waals surface area contributed by atoms with Crippen molar-refractivity contribution in [2.75, 3.05) is 0 Å². The molecule has 0 aliphatic heterocycles. The van der Waals surface area contributed by atoms with Gasteiger partial charge in [0.15, 0.2) is 0 Å². The summed E-state index contributed by atoms with van der Waals surface area (Å²) in [6.45, 7) is -4.78. The van der Waals surface area contributed by atoms with Gasteiger partial charge in [-0.05, 0) is 28.0 Å². The van der Waals surface area contributed by atoms with Gasteiger partial charge in [0.1, 0.15) is 5.75 Å². The zero-order valence-electron chi connectivity index (χ0n) is 20.1. The fourth-order valence-electron chi connectivity index (χ4n) is 1.22. The van der Waals surface area contributed by atoms with Crippen molar-refractivity contribution >= 4 is 0 Å². The molecule has 0 fully saturated rings. The topological polar surface area (TPSA) is 20.2 Å². The summed E-state index contributed by atoms with van der Waals surface area (Å²) >= 11 is 0. The average molecular weight is 217 g/mol. The van der Waals surface area contributed by atoms with Crippen LogP contribution in [0.3, 0.4) is 0 Å². The molecule has 0 aliphatic rings. The van der Waals surface area contributed by atoms with Crippen LogP contribution in [0.5, 0.6) is 5.75 Å². The predicted molar refractivity (Wildman–Crippen MR) is 65.5 cm³/mol. The second kappa shape index (κ2) is 3.55. The van der Waals surface area contributed by atoms with Gasteiger partial charge in [0.2, 0.25) is 0 Å². The van der Waals surface area contributed by atoms with Gasteiger partial charge in [-0.3, -0.25) is 0 Å². The molecule has 0 saturated heterocycles. The minimum Gasteiger partial charge on any atom is -0.508 e. The Labute approximate surface area is 109 Å². The van der Waals surface area contributed by atoms with Gasteiger partial charge in [-0.1, -0.05) is 53.5 Å². The molecule has 0 unspecified atom stereocenters. The highest BCUT2D eigenvalue weighted by Crippen LogP contribution is 2.34. The third-order valence-electron chi connectivity index (χ3n) is 2.16. The second-order valence-corrected chi connectivity index (χ2v) is 4.38. The maximum Gasteiger partial charge on any atom is 0.293 e. The summed E-state index contributed by atoms with van der Waals surface area (Å²) in [7, 11) is 0. The Hall–Kier alpha value is -0.980. The molecule has 0 spiro atoms. The number of rotatable bonds is 1. The van der Waals surface area contributed by atoms with Crippen molar-refractivity contribution < 1.29 is 18.8 Å². The van der Waals surface area contributed by atoms with Gasteiger partial charge in [-0.15, -0.1) is 0 Å². The average Bonchev–Trinajstić information content (AvgIpc) is 2.41. The Kier molecular flexibility index (Phi) is 0.898. The number of benzene rings is 1. The molecule has 1 aromatic rings. The number of hydrogen-bond donors (Lipinski definition) is 1. The highest BCUT2D eigenvalue weighted by Gasteiger charge is 2.21. The van der Waals surface area contributed by atoms with E-state index in [0.717, 1.165) is 19.1 Å². The van der Waals surface area contributed by atoms with Crippen molar-refractivity contribution in [3.05, 3.63) is 29.3 Å². The zero-order valence-corrected chi connectivity index (χ0v) is 9.06. The summed E-state index contributed by atoms with van der Waals surface area (Å²) in [5, 5.41) is 4.39. The first kappa shape index (κ1) is 3.80. The molecule has 84 valence electrons. The number of phenolic OH excluding ortho intramolecular Hbond substituents is 1. The molecule has 1 nitrogen and oxygen atoms in total. The van der Waals surface area contributed by atoms with E-state index in [1.54, 1.807) is 0 Å². The van der Waals surface area contributed by atoms with Crippen molar-refractivity contribution in [3.8, 4) is 5.75 Å². The highest BCUT2D eigenvalue weighted by atomic mass is 16.3. The summed E-state index contributed by atoms with van der Waals surface area (Å²) in [4.78, 5) is 0. The lowest BCUT2D eigenvalue weighted by Gasteiger charge is -2.25. The van der Waals surface area contributed by atoms with E-state index < -0.39 is 48.7 Å². The summed E-state index contributed by atoms with van der Waals surface area (Å²) < 4.78 is 84.8. The Morgan fingerprint density at radius 3 is 2.47 bits per heavy atom. The molecule has 0 amide bonds. The monoisotopic (exact) mass is 217 g/mol. The number of hydrogen-bond acceptors (Lipinski definition) is 1. The van der Waals surface area contributed by atoms with Crippen LogP contribution in [0.1, 0.15) is 66.2 Å². The van der Waals surface area contributed by atoms with Crippen molar-refractivity contribution in [1.29, 1.82) is 1.43 Å². The zero-order chi connectivity index (χ0) is 20.9. The Morgan fingerprint density at radius 1 is 1.27 bits per heavy atom. The van der Waals surface area contributed by atoms with Crippen LogP contribution in [0.4, 0.5) is 0 Å². The van der Waals surface area contributed by atoms with E-state index in [1.165, 1.54) is 13.8 Å². The Bertz CT molecular complexity index is 653. The van der Waals surface area contributed by atoms with Crippen molar-refractivity contribution in [2.45, 2.75) is 52.2 Å².